The van der Waals surface area contributed by atoms with Gasteiger partial charge in [-0.2, -0.15) is 5.10 Å². The lowest BCUT2D eigenvalue weighted by molar-refractivity contribution is 0.510. The molecule has 2 aromatic rings. The second kappa shape index (κ2) is 6.37. The van der Waals surface area contributed by atoms with Crippen LogP contribution in [0.5, 0.6) is 0 Å². The van der Waals surface area contributed by atoms with Gasteiger partial charge in [0.1, 0.15) is 5.82 Å². The fraction of sp³-hybridized carbons (Fsp3) is 0.400. The Balaban J connectivity index is 2.34. The first-order chi connectivity index (χ1) is 9.58. The van der Waals surface area contributed by atoms with Crippen molar-refractivity contribution in [3.63, 3.8) is 0 Å². The maximum atomic E-state index is 13.9. The molecule has 0 spiro atoms. The van der Waals surface area contributed by atoms with Crippen LogP contribution in [0.1, 0.15) is 29.9 Å². The van der Waals surface area contributed by atoms with Gasteiger partial charge in [-0.15, -0.1) is 0 Å². The molecular formula is C15H19ClFN3. The van der Waals surface area contributed by atoms with Gasteiger partial charge in [-0.25, -0.2) is 4.39 Å². The molecule has 0 fully saturated rings. The van der Waals surface area contributed by atoms with E-state index in [9.17, 15) is 4.39 Å². The van der Waals surface area contributed by atoms with Crippen LogP contribution < -0.4 is 5.32 Å². The second-order valence-corrected chi connectivity index (χ2v) is 5.11. The lowest BCUT2D eigenvalue weighted by Crippen LogP contribution is -2.21. The molecule has 5 heteroatoms. The summed E-state index contributed by atoms with van der Waals surface area (Å²) in [6, 6.07) is 6.68. The van der Waals surface area contributed by atoms with Gasteiger partial charge in [0.05, 0.1) is 16.4 Å². The lowest BCUT2D eigenvalue weighted by Gasteiger charge is -2.18. The van der Waals surface area contributed by atoms with Gasteiger partial charge in [0.25, 0.3) is 0 Å². The minimum Gasteiger partial charge on any atom is -0.313 e. The van der Waals surface area contributed by atoms with E-state index in [1.165, 1.54) is 6.07 Å². The first kappa shape index (κ1) is 15.0. The Hall–Kier alpha value is -1.39. The molecule has 1 aromatic carbocycles. The average Bonchev–Trinajstić information content (AvgIpc) is 2.73. The first-order valence-electron chi connectivity index (χ1n) is 6.72. The second-order valence-electron chi connectivity index (χ2n) is 4.73. The predicted octanol–water partition coefficient (Wildman–Crippen LogP) is 3.51. The Labute approximate surface area is 123 Å². The zero-order valence-corrected chi connectivity index (χ0v) is 12.7. The maximum Gasteiger partial charge on any atom is 0.127 e. The smallest absolute Gasteiger partial charge is 0.127 e. The molecule has 0 amide bonds. The number of hydrogen-bond donors (Lipinski definition) is 1. The van der Waals surface area contributed by atoms with Gasteiger partial charge in [-0.05, 0) is 27.0 Å². The summed E-state index contributed by atoms with van der Waals surface area (Å²) in [5.74, 6) is -0.206. The van der Waals surface area contributed by atoms with Gasteiger partial charge in [0.15, 0.2) is 0 Å². The molecule has 0 aliphatic heterocycles. The largest absolute Gasteiger partial charge is 0.313 e. The number of benzene rings is 1. The molecule has 0 aliphatic carbocycles. The Morgan fingerprint density at radius 2 is 2.10 bits per heavy atom. The van der Waals surface area contributed by atoms with Crippen molar-refractivity contribution in [2.24, 2.45) is 0 Å². The summed E-state index contributed by atoms with van der Waals surface area (Å²) in [5.41, 5.74) is 2.40. The number of nitrogens with one attached hydrogen (secondary N) is 1. The summed E-state index contributed by atoms with van der Waals surface area (Å²) in [6.07, 6.45) is 0.602. The van der Waals surface area contributed by atoms with Gasteiger partial charge in [-0.1, -0.05) is 29.8 Å². The van der Waals surface area contributed by atoms with Crippen molar-refractivity contribution < 1.29 is 4.39 Å². The number of hydrogen-bond acceptors (Lipinski definition) is 2. The minimum absolute atomic E-state index is 0.130. The van der Waals surface area contributed by atoms with Crippen LogP contribution in [0.3, 0.4) is 0 Å². The molecule has 0 radical (unpaired) electrons. The van der Waals surface area contributed by atoms with Crippen LogP contribution in [-0.2, 0) is 13.0 Å². The van der Waals surface area contributed by atoms with E-state index in [2.05, 4.69) is 10.4 Å². The molecule has 20 heavy (non-hydrogen) atoms. The third kappa shape index (κ3) is 2.86. The molecule has 1 aromatic heterocycles. The molecule has 1 atom stereocenters. The molecule has 1 unspecified atom stereocenters. The Bertz CT molecular complexity index is 595. The molecule has 1 N–H and O–H groups in total. The molecule has 0 saturated carbocycles. The van der Waals surface area contributed by atoms with Crippen molar-refractivity contribution in [2.45, 2.75) is 32.9 Å². The van der Waals surface area contributed by atoms with Crippen molar-refractivity contribution in [1.82, 2.24) is 15.1 Å². The lowest BCUT2D eigenvalue weighted by atomic mass is 10.0. The standard InChI is InChI=1S/C15H19ClFN3/c1-4-20-14(15(16)10(2)19-20)9-13(18-3)11-7-5-6-8-12(11)17/h5-8,13,18H,4,9H2,1-3H3. The molecule has 0 aliphatic rings. The summed E-state index contributed by atoms with van der Waals surface area (Å²) < 4.78 is 15.8. The zero-order chi connectivity index (χ0) is 14.7. The summed E-state index contributed by atoms with van der Waals surface area (Å²) in [6.45, 7) is 4.65. The molecule has 3 nitrogen and oxygen atoms in total. The Morgan fingerprint density at radius 3 is 2.70 bits per heavy atom. The van der Waals surface area contributed by atoms with Crippen molar-refractivity contribution in [3.8, 4) is 0 Å². The Kier molecular flexibility index (Phi) is 4.78. The molecule has 0 saturated heterocycles. The van der Waals surface area contributed by atoms with E-state index >= 15 is 0 Å². The van der Waals surface area contributed by atoms with E-state index in [1.807, 2.05) is 31.6 Å². The topological polar surface area (TPSA) is 29.9 Å². The minimum atomic E-state index is -0.206. The third-order valence-corrected chi connectivity index (χ3v) is 3.97. The highest BCUT2D eigenvalue weighted by molar-refractivity contribution is 6.31. The highest BCUT2D eigenvalue weighted by atomic mass is 35.5. The quantitative estimate of drug-likeness (QED) is 0.915. The van der Waals surface area contributed by atoms with E-state index in [-0.39, 0.29) is 11.9 Å². The fourth-order valence-corrected chi connectivity index (χ4v) is 2.60. The van der Waals surface area contributed by atoms with Crippen LogP contribution in [0.4, 0.5) is 4.39 Å². The predicted molar refractivity (Wildman–Crippen MR) is 79.6 cm³/mol. The highest BCUT2D eigenvalue weighted by Crippen LogP contribution is 2.27. The van der Waals surface area contributed by atoms with Gasteiger partial charge >= 0.3 is 0 Å². The first-order valence-corrected chi connectivity index (χ1v) is 7.09. The number of halogens is 2. The summed E-state index contributed by atoms with van der Waals surface area (Å²) >= 11 is 6.32. The zero-order valence-electron chi connectivity index (χ0n) is 12.0. The normalized spacial score (nSPS) is 12.7. The van der Waals surface area contributed by atoms with E-state index in [0.717, 1.165) is 17.9 Å². The van der Waals surface area contributed by atoms with Gasteiger partial charge < -0.3 is 5.32 Å². The Morgan fingerprint density at radius 1 is 1.40 bits per heavy atom. The van der Waals surface area contributed by atoms with Crippen LogP contribution in [0, 0.1) is 12.7 Å². The summed E-state index contributed by atoms with van der Waals surface area (Å²) in [5, 5.41) is 8.22. The SMILES string of the molecule is CCn1nc(C)c(Cl)c1CC(NC)c1ccccc1F. The van der Waals surface area contributed by atoms with E-state index in [0.29, 0.717) is 17.0 Å². The number of likely N-dealkylation sites (N-methyl/N-ethyl adjacent to an activating group) is 1. The van der Waals surface area contributed by atoms with Crippen LogP contribution in [0.2, 0.25) is 5.02 Å². The molecular weight excluding hydrogens is 277 g/mol. The number of nitrogens with zero attached hydrogens (tertiary/aromatic N) is 2. The van der Waals surface area contributed by atoms with Gasteiger partial charge in [0.2, 0.25) is 0 Å². The summed E-state index contributed by atoms with van der Waals surface area (Å²) in [7, 11) is 1.82. The van der Waals surface area contributed by atoms with E-state index in [1.54, 1.807) is 12.1 Å². The molecule has 108 valence electrons. The molecule has 0 bridgehead atoms. The van der Waals surface area contributed by atoms with Gasteiger partial charge in [-0.3, -0.25) is 4.68 Å². The van der Waals surface area contributed by atoms with Crippen molar-refractivity contribution in [3.05, 3.63) is 52.1 Å². The van der Waals surface area contributed by atoms with Crippen molar-refractivity contribution >= 4 is 11.6 Å². The van der Waals surface area contributed by atoms with E-state index < -0.39 is 0 Å². The maximum absolute atomic E-state index is 13.9. The number of rotatable bonds is 5. The van der Waals surface area contributed by atoms with E-state index in [4.69, 9.17) is 11.6 Å². The number of aromatic nitrogens is 2. The summed E-state index contributed by atoms with van der Waals surface area (Å²) in [4.78, 5) is 0. The average molecular weight is 296 g/mol. The molecule has 2 rings (SSSR count). The van der Waals surface area contributed by atoms with Crippen LogP contribution in [0.15, 0.2) is 24.3 Å². The van der Waals surface area contributed by atoms with Crippen LogP contribution in [0.25, 0.3) is 0 Å². The van der Waals surface area contributed by atoms with Crippen LogP contribution in [-0.4, -0.2) is 16.8 Å². The van der Waals surface area contributed by atoms with Gasteiger partial charge in [0, 0.05) is 24.6 Å². The highest BCUT2D eigenvalue weighted by Gasteiger charge is 2.20. The third-order valence-electron chi connectivity index (χ3n) is 3.48. The van der Waals surface area contributed by atoms with Crippen LogP contribution >= 0.6 is 11.6 Å². The molecule has 1 heterocycles. The monoisotopic (exact) mass is 295 g/mol. The van der Waals surface area contributed by atoms with Crippen molar-refractivity contribution in [2.75, 3.05) is 7.05 Å². The fourth-order valence-electron chi connectivity index (χ4n) is 2.38. The van der Waals surface area contributed by atoms with Crippen molar-refractivity contribution in [1.29, 1.82) is 0 Å². The number of aryl methyl sites for hydroxylation is 2.